The van der Waals surface area contributed by atoms with Crippen LogP contribution in [-0.2, 0) is 26.0 Å². The summed E-state index contributed by atoms with van der Waals surface area (Å²) in [7, 11) is -3.01. The molecule has 2 aliphatic heterocycles. The van der Waals surface area contributed by atoms with Crippen molar-refractivity contribution in [3.8, 4) is 5.75 Å². The number of nitrogens with one attached hydrogen (secondary N) is 1. The summed E-state index contributed by atoms with van der Waals surface area (Å²) in [6.07, 6.45) is 2.88. The maximum atomic E-state index is 14.2. The summed E-state index contributed by atoms with van der Waals surface area (Å²) in [5, 5.41) is 0. The number of fused-ring (bicyclic) bond motifs is 3. The minimum absolute atomic E-state index is 0.0219. The third kappa shape index (κ3) is 4.96. The Kier molecular flexibility index (Phi) is 6.97. The first-order chi connectivity index (χ1) is 17.7. The van der Waals surface area contributed by atoms with Crippen LogP contribution in [0.1, 0.15) is 60.0 Å². The molecule has 5 rings (SSSR count). The summed E-state index contributed by atoms with van der Waals surface area (Å²) in [5.74, 6) is -0.225. The Morgan fingerprint density at radius 2 is 2.05 bits per heavy atom. The number of Topliss-reactive ketones (excluding diaryl/α,β-unsaturated/α-hetero) is 1. The number of likely N-dealkylation sites (tertiary alicyclic amines) is 1. The van der Waals surface area contributed by atoms with E-state index < -0.39 is 21.8 Å². The Bertz CT molecular complexity index is 1340. The SMILES string of the molecule is CCN1CCC[C@H]1C(=O)CCc1cc(F)ccc1S(=O)(=O)Nc1ccc2c(c1C(=O)OC)OCC1CC21. The van der Waals surface area contributed by atoms with Crippen molar-refractivity contribution in [2.75, 3.05) is 31.5 Å². The zero-order chi connectivity index (χ0) is 26.3. The average molecular weight is 531 g/mol. The Labute approximate surface area is 216 Å². The van der Waals surface area contributed by atoms with Gasteiger partial charge < -0.3 is 9.47 Å². The van der Waals surface area contributed by atoms with E-state index in [1.807, 2.05) is 6.92 Å². The number of rotatable bonds is 9. The Hall–Kier alpha value is -2.98. The molecule has 1 saturated carbocycles. The van der Waals surface area contributed by atoms with Crippen LogP contribution in [0.3, 0.4) is 0 Å². The summed E-state index contributed by atoms with van der Waals surface area (Å²) < 4.78 is 54.5. The van der Waals surface area contributed by atoms with E-state index in [2.05, 4.69) is 9.62 Å². The van der Waals surface area contributed by atoms with Gasteiger partial charge in [-0.25, -0.2) is 17.6 Å². The fourth-order valence-electron chi connectivity index (χ4n) is 5.64. The van der Waals surface area contributed by atoms with Gasteiger partial charge in [0, 0.05) is 12.3 Å². The number of likely N-dealkylation sites (N-methyl/N-ethyl adjacent to an activating group) is 1. The molecule has 8 nitrogen and oxygen atoms in total. The van der Waals surface area contributed by atoms with Crippen LogP contribution in [0.25, 0.3) is 0 Å². The molecule has 198 valence electrons. The van der Waals surface area contributed by atoms with Gasteiger partial charge in [-0.1, -0.05) is 13.0 Å². The Morgan fingerprint density at radius 1 is 1.24 bits per heavy atom. The van der Waals surface area contributed by atoms with Crippen LogP contribution < -0.4 is 9.46 Å². The van der Waals surface area contributed by atoms with E-state index in [0.717, 1.165) is 50.0 Å². The van der Waals surface area contributed by atoms with Gasteiger partial charge in [0.1, 0.15) is 22.9 Å². The Morgan fingerprint density at radius 3 is 2.81 bits per heavy atom. The molecule has 2 aromatic carbocycles. The van der Waals surface area contributed by atoms with Crippen LogP contribution >= 0.6 is 0 Å². The number of methoxy groups -OCH3 is 1. The molecule has 2 aromatic rings. The lowest BCUT2D eigenvalue weighted by molar-refractivity contribution is -0.123. The molecule has 0 spiro atoms. The molecule has 0 bridgehead atoms. The van der Waals surface area contributed by atoms with Crippen LogP contribution in [0.4, 0.5) is 10.1 Å². The predicted octanol–water partition coefficient (Wildman–Crippen LogP) is 3.90. The normalized spacial score (nSPS) is 22.5. The first-order valence-electron chi connectivity index (χ1n) is 12.7. The maximum Gasteiger partial charge on any atom is 0.343 e. The second-order valence-electron chi connectivity index (χ2n) is 9.92. The summed E-state index contributed by atoms with van der Waals surface area (Å²) in [5.41, 5.74) is 1.12. The maximum absolute atomic E-state index is 14.2. The quantitative estimate of drug-likeness (QED) is 0.491. The van der Waals surface area contributed by atoms with E-state index in [9.17, 15) is 22.4 Å². The minimum atomic E-state index is -4.24. The molecule has 1 N–H and O–H groups in total. The Balaban J connectivity index is 1.42. The van der Waals surface area contributed by atoms with Gasteiger partial charge in [0.15, 0.2) is 0 Å². The van der Waals surface area contributed by atoms with E-state index in [0.29, 0.717) is 24.2 Å². The zero-order valence-electron chi connectivity index (χ0n) is 21.0. The van der Waals surface area contributed by atoms with Gasteiger partial charge >= 0.3 is 5.97 Å². The number of ether oxygens (including phenoxy) is 2. The fourth-order valence-corrected chi connectivity index (χ4v) is 6.96. The third-order valence-corrected chi connectivity index (χ3v) is 9.15. The predicted molar refractivity (Wildman–Crippen MR) is 135 cm³/mol. The molecule has 37 heavy (non-hydrogen) atoms. The lowest BCUT2D eigenvalue weighted by Gasteiger charge is -2.22. The molecule has 2 fully saturated rings. The summed E-state index contributed by atoms with van der Waals surface area (Å²) in [6.45, 7) is 4.11. The topological polar surface area (TPSA) is 102 Å². The van der Waals surface area contributed by atoms with Crippen LogP contribution in [0.15, 0.2) is 35.2 Å². The van der Waals surface area contributed by atoms with Gasteiger partial charge in [-0.2, -0.15) is 0 Å². The molecule has 2 unspecified atom stereocenters. The highest BCUT2D eigenvalue weighted by molar-refractivity contribution is 7.92. The number of halogens is 1. The van der Waals surface area contributed by atoms with Crippen molar-refractivity contribution in [1.29, 1.82) is 0 Å². The average Bonchev–Trinajstić information content (AvgIpc) is 3.53. The van der Waals surface area contributed by atoms with Crippen molar-refractivity contribution < 1.29 is 31.9 Å². The third-order valence-electron chi connectivity index (χ3n) is 7.68. The summed E-state index contributed by atoms with van der Waals surface area (Å²) in [6, 6.07) is 6.54. The number of anilines is 1. The molecule has 3 atom stereocenters. The fraction of sp³-hybridized carbons (Fsp3) is 0.481. The molecule has 10 heteroatoms. The number of benzene rings is 2. The number of hydrogen-bond donors (Lipinski definition) is 1. The van der Waals surface area contributed by atoms with Crippen LogP contribution in [-0.4, -0.2) is 57.9 Å². The highest BCUT2D eigenvalue weighted by Crippen LogP contribution is 2.55. The second kappa shape index (κ2) is 10.1. The molecule has 0 amide bonds. The number of carbonyl (C=O) groups is 2. The highest BCUT2D eigenvalue weighted by atomic mass is 32.2. The largest absolute Gasteiger partial charge is 0.492 e. The van der Waals surface area contributed by atoms with Gasteiger partial charge in [0.05, 0.1) is 30.3 Å². The monoisotopic (exact) mass is 530 g/mol. The summed E-state index contributed by atoms with van der Waals surface area (Å²) in [4.78, 5) is 27.5. The number of hydrogen-bond acceptors (Lipinski definition) is 7. The van der Waals surface area contributed by atoms with Crippen LogP contribution in [0, 0.1) is 11.7 Å². The molecular weight excluding hydrogens is 499 g/mol. The van der Waals surface area contributed by atoms with Crippen molar-refractivity contribution in [1.82, 2.24) is 4.90 Å². The van der Waals surface area contributed by atoms with Gasteiger partial charge in [0.25, 0.3) is 10.0 Å². The lowest BCUT2D eigenvalue weighted by atomic mass is 10.0. The van der Waals surface area contributed by atoms with Crippen molar-refractivity contribution >= 4 is 27.5 Å². The van der Waals surface area contributed by atoms with E-state index in [4.69, 9.17) is 9.47 Å². The molecule has 0 aromatic heterocycles. The van der Waals surface area contributed by atoms with Gasteiger partial charge in [-0.3, -0.25) is 14.4 Å². The van der Waals surface area contributed by atoms with E-state index >= 15 is 0 Å². The standard InChI is InChI=1S/C27H31FN2O6S/c1-3-30-12-4-5-22(30)23(31)10-6-16-13-18(28)7-11-24(16)37(33,34)29-21-9-8-19-20-14-17(20)15-36-26(19)25(21)27(32)35-2/h7-9,11,13,17,20,22,29H,3-6,10,12,14-15H2,1-2H3/t17?,20?,22-/m0/s1. The molecule has 0 radical (unpaired) electrons. The molecule has 1 saturated heterocycles. The molecule has 3 aliphatic rings. The number of aryl methyl sites for hydroxylation is 1. The number of nitrogens with zero attached hydrogens (tertiary/aromatic N) is 1. The first-order valence-corrected chi connectivity index (χ1v) is 14.2. The zero-order valence-corrected chi connectivity index (χ0v) is 21.8. The van der Waals surface area contributed by atoms with E-state index in [1.165, 1.54) is 13.2 Å². The van der Waals surface area contributed by atoms with Crippen molar-refractivity contribution in [3.63, 3.8) is 0 Å². The van der Waals surface area contributed by atoms with Gasteiger partial charge in [-0.05, 0) is 80.1 Å². The number of esters is 1. The first kappa shape index (κ1) is 25.7. The number of ketones is 1. The van der Waals surface area contributed by atoms with Crippen molar-refractivity contribution in [2.24, 2.45) is 5.92 Å². The minimum Gasteiger partial charge on any atom is -0.492 e. The van der Waals surface area contributed by atoms with Gasteiger partial charge in [0.2, 0.25) is 0 Å². The lowest BCUT2D eigenvalue weighted by Crippen LogP contribution is -2.36. The highest BCUT2D eigenvalue weighted by Gasteiger charge is 2.45. The van der Waals surface area contributed by atoms with Crippen LogP contribution in [0.5, 0.6) is 5.75 Å². The molecular formula is C27H31FN2O6S. The number of sulfonamides is 1. The van der Waals surface area contributed by atoms with E-state index in [1.54, 1.807) is 12.1 Å². The molecule has 2 heterocycles. The van der Waals surface area contributed by atoms with E-state index in [-0.39, 0.29) is 46.4 Å². The van der Waals surface area contributed by atoms with Crippen molar-refractivity contribution in [3.05, 3.63) is 52.8 Å². The van der Waals surface area contributed by atoms with Crippen LogP contribution in [0.2, 0.25) is 0 Å². The second-order valence-corrected chi connectivity index (χ2v) is 11.6. The smallest absolute Gasteiger partial charge is 0.343 e. The van der Waals surface area contributed by atoms with Crippen molar-refractivity contribution in [2.45, 2.75) is 55.9 Å². The van der Waals surface area contributed by atoms with Gasteiger partial charge in [-0.15, -0.1) is 0 Å². The molecule has 1 aliphatic carbocycles. The summed E-state index contributed by atoms with van der Waals surface area (Å²) >= 11 is 0. The number of carbonyl (C=O) groups excluding carboxylic acids is 2.